The van der Waals surface area contributed by atoms with Gasteiger partial charge in [-0.25, -0.2) is 0 Å². The third-order valence-electron chi connectivity index (χ3n) is 2.56. The van der Waals surface area contributed by atoms with Gasteiger partial charge in [0.25, 0.3) is 0 Å². The second-order valence-electron chi connectivity index (χ2n) is 3.95. The molecule has 0 saturated heterocycles. The van der Waals surface area contributed by atoms with Crippen LogP contribution >= 0.6 is 11.6 Å². The molecule has 2 atom stereocenters. The molecule has 0 aromatic carbocycles. The van der Waals surface area contributed by atoms with Gasteiger partial charge in [0.15, 0.2) is 0 Å². The van der Waals surface area contributed by atoms with Crippen LogP contribution in [0.15, 0.2) is 0 Å². The Labute approximate surface area is 95.2 Å². The molecule has 92 valence electrons. The van der Waals surface area contributed by atoms with Gasteiger partial charge in [0.1, 0.15) is 0 Å². The van der Waals surface area contributed by atoms with Gasteiger partial charge in [0.05, 0.1) is 5.92 Å². The summed E-state index contributed by atoms with van der Waals surface area (Å²) in [6, 6.07) is 0. The van der Waals surface area contributed by atoms with Crippen molar-refractivity contribution in [2.24, 2.45) is 5.92 Å². The summed E-state index contributed by atoms with van der Waals surface area (Å²) >= 11 is 5.83. The van der Waals surface area contributed by atoms with Gasteiger partial charge in [-0.3, -0.25) is 0 Å². The lowest BCUT2D eigenvalue weighted by molar-refractivity contribution is -0.177. The average molecular weight is 245 g/mol. The monoisotopic (exact) mass is 244 g/mol. The Morgan fingerprint density at radius 3 is 1.87 bits per heavy atom. The van der Waals surface area contributed by atoms with E-state index < -0.39 is 17.5 Å². The second-order valence-corrected chi connectivity index (χ2v) is 4.51. The van der Waals surface area contributed by atoms with E-state index in [2.05, 4.69) is 0 Å². The Morgan fingerprint density at radius 2 is 1.47 bits per heavy atom. The Morgan fingerprint density at radius 1 is 1.00 bits per heavy atom. The summed E-state index contributed by atoms with van der Waals surface area (Å²) in [6.07, 6.45) is -0.475. The largest absolute Gasteiger partial charge is 0.393 e. The molecule has 0 aliphatic heterocycles. The number of halogens is 4. The molecule has 0 amide bonds. The zero-order valence-electron chi connectivity index (χ0n) is 9.41. The molecule has 0 rings (SSSR count). The van der Waals surface area contributed by atoms with Crippen LogP contribution in [-0.4, -0.2) is 11.6 Å². The first-order chi connectivity index (χ1) is 6.93. The number of hydrogen-bond acceptors (Lipinski definition) is 0. The summed E-state index contributed by atoms with van der Waals surface area (Å²) in [6.45, 7) is 3.85. The SMILES string of the molecule is CCCCC(Cl)C(CCCC)C(F)(F)F. The summed E-state index contributed by atoms with van der Waals surface area (Å²) < 4.78 is 37.9. The summed E-state index contributed by atoms with van der Waals surface area (Å²) in [4.78, 5) is 0. The van der Waals surface area contributed by atoms with Gasteiger partial charge in [-0.05, 0) is 12.8 Å². The van der Waals surface area contributed by atoms with Crippen molar-refractivity contribution in [3.63, 3.8) is 0 Å². The molecule has 0 aliphatic rings. The number of hydrogen-bond donors (Lipinski definition) is 0. The van der Waals surface area contributed by atoms with Crippen molar-refractivity contribution >= 4 is 11.6 Å². The Hall–Kier alpha value is 0.0800. The van der Waals surface area contributed by atoms with E-state index in [1.807, 2.05) is 13.8 Å². The van der Waals surface area contributed by atoms with Crippen molar-refractivity contribution in [1.82, 2.24) is 0 Å². The molecule has 0 radical (unpaired) electrons. The van der Waals surface area contributed by atoms with Crippen LogP contribution in [0, 0.1) is 5.92 Å². The predicted molar refractivity (Wildman–Crippen MR) is 58.2 cm³/mol. The summed E-state index contributed by atoms with van der Waals surface area (Å²) in [5.74, 6) is -1.33. The highest BCUT2D eigenvalue weighted by Gasteiger charge is 2.42. The molecule has 0 spiro atoms. The van der Waals surface area contributed by atoms with Gasteiger partial charge >= 0.3 is 6.18 Å². The summed E-state index contributed by atoms with van der Waals surface area (Å²) in [5.41, 5.74) is 0. The first kappa shape index (κ1) is 15.1. The first-order valence-corrected chi connectivity index (χ1v) is 6.07. The van der Waals surface area contributed by atoms with Gasteiger partial charge in [-0.1, -0.05) is 39.5 Å². The number of alkyl halides is 4. The Bertz CT molecular complexity index is 156. The van der Waals surface area contributed by atoms with Crippen molar-refractivity contribution in [2.75, 3.05) is 0 Å². The predicted octanol–water partition coefficient (Wildman–Crippen LogP) is 5.15. The van der Waals surface area contributed by atoms with E-state index in [0.717, 1.165) is 19.3 Å². The van der Waals surface area contributed by atoms with Crippen molar-refractivity contribution in [3.8, 4) is 0 Å². The third kappa shape index (κ3) is 6.29. The molecule has 0 nitrogen and oxygen atoms in total. The zero-order chi connectivity index (χ0) is 11.9. The standard InChI is InChI=1S/C11H20ClF3/c1-3-5-7-9(11(13,14)15)10(12)8-6-4-2/h9-10H,3-8H2,1-2H3. The molecule has 0 saturated carbocycles. The summed E-state index contributed by atoms with van der Waals surface area (Å²) in [5, 5.41) is -0.753. The Kier molecular flexibility index (Phi) is 7.41. The van der Waals surface area contributed by atoms with Crippen molar-refractivity contribution in [2.45, 2.75) is 63.9 Å². The Balaban J connectivity index is 4.21. The molecule has 2 unspecified atom stereocenters. The maximum absolute atomic E-state index is 12.6. The zero-order valence-corrected chi connectivity index (χ0v) is 10.2. The molecule has 0 heterocycles. The van der Waals surface area contributed by atoms with Crippen molar-refractivity contribution in [1.29, 1.82) is 0 Å². The molecule has 0 bridgehead atoms. The lowest BCUT2D eigenvalue weighted by Gasteiger charge is -2.24. The lowest BCUT2D eigenvalue weighted by Crippen LogP contribution is -2.31. The molecule has 0 fully saturated rings. The highest BCUT2D eigenvalue weighted by Crippen LogP contribution is 2.36. The fraction of sp³-hybridized carbons (Fsp3) is 1.00. The molecule has 15 heavy (non-hydrogen) atoms. The van der Waals surface area contributed by atoms with Gasteiger partial charge in [0, 0.05) is 5.38 Å². The quantitative estimate of drug-likeness (QED) is 0.543. The number of rotatable bonds is 7. The van der Waals surface area contributed by atoms with Gasteiger partial charge in [0.2, 0.25) is 0 Å². The second kappa shape index (κ2) is 7.37. The van der Waals surface area contributed by atoms with E-state index in [4.69, 9.17) is 11.6 Å². The molecule has 0 aliphatic carbocycles. The molecule has 0 N–H and O–H groups in total. The van der Waals surface area contributed by atoms with Crippen LogP contribution in [0.5, 0.6) is 0 Å². The van der Waals surface area contributed by atoms with Crippen LogP contribution in [0.3, 0.4) is 0 Å². The van der Waals surface area contributed by atoms with Crippen LogP contribution < -0.4 is 0 Å². The van der Waals surface area contributed by atoms with Crippen LogP contribution in [0.25, 0.3) is 0 Å². The van der Waals surface area contributed by atoms with Gasteiger partial charge in [-0.2, -0.15) is 13.2 Å². The minimum absolute atomic E-state index is 0.165. The average Bonchev–Trinajstić information content (AvgIpc) is 2.13. The van der Waals surface area contributed by atoms with Crippen LogP contribution in [0.4, 0.5) is 13.2 Å². The van der Waals surface area contributed by atoms with Gasteiger partial charge in [-0.15, -0.1) is 11.6 Å². The molecular weight excluding hydrogens is 225 g/mol. The minimum Gasteiger partial charge on any atom is -0.171 e. The highest BCUT2D eigenvalue weighted by molar-refractivity contribution is 6.20. The van der Waals surface area contributed by atoms with Crippen molar-refractivity contribution < 1.29 is 13.2 Å². The minimum atomic E-state index is -4.14. The number of unbranched alkanes of at least 4 members (excludes halogenated alkanes) is 2. The normalized spacial score (nSPS) is 16.4. The smallest absolute Gasteiger partial charge is 0.171 e. The van der Waals surface area contributed by atoms with E-state index >= 15 is 0 Å². The molecule has 0 aromatic heterocycles. The third-order valence-corrected chi connectivity index (χ3v) is 3.08. The van der Waals surface area contributed by atoms with Crippen LogP contribution in [0.2, 0.25) is 0 Å². The molecular formula is C11H20ClF3. The van der Waals surface area contributed by atoms with E-state index in [9.17, 15) is 13.2 Å². The van der Waals surface area contributed by atoms with E-state index in [1.165, 1.54) is 0 Å². The lowest BCUT2D eigenvalue weighted by atomic mass is 9.94. The van der Waals surface area contributed by atoms with E-state index in [0.29, 0.717) is 12.8 Å². The fourth-order valence-corrected chi connectivity index (χ4v) is 2.00. The van der Waals surface area contributed by atoms with Crippen LogP contribution in [-0.2, 0) is 0 Å². The van der Waals surface area contributed by atoms with E-state index in [1.54, 1.807) is 0 Å². The van der Waals surface area contributed by atoms with E-state index in [-0.39, 0.29) is 6.42 Å². The molecule has 4 heteroatoms. The maximum atomic E-state index is 12.6. The van der Waals surface area contributed by atoms with Crippen LogP contribution in [0.1, 0.15) is 52.4 Å². The maximum Gasteiger partial charge on any atom is 0.393 e. The summed E-state index contributed by atoms with van der Waals surface area (Å²) in [7, 11) is 0. The topological polar surface area (TPSA) is 0 Å². The fourth-order valence-electron chi connectivity index (χ4n) is 1.57. The first-order valence-electron chi connectivity index (χ1n) is 5.64. The van der Waals surface area contributed by atoms with Crippen molar-refractivity contribution in [3.05, 3.63) is 0 Å². The molecule has 0 aromatic rings. The van der Waals surface area contributed by atoms with Gasteiger partial charge < -0.3 is 0 Å². The highest BCUT2D eigenvalue weighted by atomic mass is 35.5.